The lowest BCUT2D eigenvalue weighted by molar-refractivity contribution is -0.127. The van der Waals surface area contributed by atoms with Gasteiger partial charge in [0, 0.05) is 25.6 Å². The number of alkyl halides is 1. The van der Waals surface area contributed by atoms with Crippen molar-refractivity contribution in [1.29, 1.82) is 0 Å². The quantitative estimate of drug-likeness (QED) is 0.727. The predicted molar refractivity (Wildman–Crippen MR) is 58.8 cm³/mol. The number of amides is 1. The van der Waals surface area contributed by atoms with Crippen molar-refractivity contribution in [3.63, 3.8) is 0 Å². The van der Waals surface area contributed by atoms with Crippen LogP contribution in [0.2, 0.25) is 0 Å². The Hall–Kier alpha value is -0.280. The van der Waals surface area contributed by atoms with Gasteiger partial charge in [-0.25, -0.2) is 0 Å². The molecule has 1 N–H and O–H groups in total. The fraction of sp³-hybridized carbons (Fsp3) is 0.909. The maximum atomic E-state index is 11.5. The summed E-state index contributed by atoms with van der Waals surface area (Å²) in [7, 11) is 0. The van der Waals surface area contributed by atoms with Crippen LogP contribution in [-0.4, -0.2) is 41.5 Å². The largest absolute Gasteiger partial charge is 0.396 e. The van der Waals surface area contributed by atoms with Crippen LogP contribution in [0.5, 0.6) is 0 Å². The summed E-state index contributed by atoms with van der Waals surface area (Å²) in [5, 5.41) is 9.39. The van der Waals surface area contributed by atoms with Gasteiger partial charge in [0.05, 0.1) is 0 Å². The number of hydrogen-bond donors (Lipinski definition) is 1. The molecule has 15 heavy (non-hydrogen) atoms. The second-order valence-electron chi connectivity index (χ2n) is 4.86. The molecular weight excluding hydrogens is 214 g/mol. The fourth-order valence-electron chi connectivity index (χ4n) is 3.20. The summed E-state index contributed by atoms with van der Waals surface area (Å²) in [6.07, 6.45) is 4.79. The first-order valence-corrected chi connectivity index (χ1v) is 6.20. The van der Waals surface area contributed by atoms with Crippen molar-refractivity contribution >= 4 is 17.5 Å². The summed E-state index contributed by atoms with van der Waals surface area (Å²) in [5.41, 5.74) is 0.205. The van der Waals surface area contributed by atoms with Gasteiger partial charge in [0.1, 0.15) is 5.88 Å². The Balaban J connectivity index is 2.09. The number of aliphatic hydroxyl groups excluding tert-OH is 1. The van der Waals surface area contributed by atoms with Crippen LogP contribution in [0.4, 0.5) is 0 Å². The van der Waals surface area contributed by atoms with Crippen molar-refractivity contribution in [2.24, 2.45) is 11.3 Å². The number of carbonyl (C=O) groups is 1. The van der Waals surface area contributed by atoms with E-state index in [1.807, 2.05) is 4.90 Å². The van der Waals surface area contributed by atoms with Crippen LogP contribution in [0.25, 0.3) is 0 Å². The molecule has 1 spiro atoms. The number of aliphatic hydroxyl groups is 1. The molecule has 1 heterocycles. The number of likely N-dealkylation sites (tertiary alicyclic amines) is 1. The Morgan fingerprint density at radius 2 is 2.13 bits per heavy atom. The van der Waals surface area contributed by atoms with Crippen LogP contribution in [0.15, 0.2) is 0 Å². The summed E-state index contributed by atoms with van der Waals surface area (Å²) in [4.78, 5) is 13.4. The Bertz CT molecular complexity index is 251. The Labute approximate surface area is 95.4 Å². The van der Waals surface area contributed by atoms with Crippen molar-refractivity contribution < 1.29 is 9.90 Å². The van der Waals surface area contributed by atoms with Gasteiger partial charge in [-0.3, -0.25) is 4.79 Å². The molecule has 1 saturated heterocycles. The van der Waals surface area contributed by atoms with Crippen LogP contribution in [0.1, 0.15) is 25.7 Å². The van der Waals surface area contributed by atoms with Crippen LogP contribution >= 0.6 is 11.6 Å². The second-order valence-corrected chi connectivity index (χ2v) is 5.12. The van der Waals surface area contributed by atoms with Crippen molar-refractivity contribution in [2.45, 2.75) is 25.7 Å². The molecule has 2 rings (SSSR count). The zero-order chi connectivity index (χ0) is 10.9. The minimum absolute atomic E-state index is 0.0129. The first-order chi connectivity index (χ1) is 7.22. The van der Waals surface area contributed by atoms with E-state index >= 15 is 0 Å². The first kappa shape index (κ1) is 11.2. The van der Waals surface area contributed by atoms with Crippen molar-refractivity contribution in [1.82, 2.24) is 4.90 Å². The molecule has 2 aliphatic rings. The predicted octanol–water partition coefficient (Wildman–Crippen LogP) is 1.24. The van der Waals surface area contributed by atoms with Crippen LogP contribution in [-0.2, 0) is 4.79 Å². The van der Waals surface area contributed by atoms with Gasteiger partial charge < -0.3 is 10.0 Å². The van der Waals surface area contributed by atoms with Gasteiger partial charge in [0.15, 0.2) is 0 Å². The number of carbonyl (C=O) groups excluding carboxylic acids is 1. The highest BCUT2D eigenvalue weighted by atomic mass is 35.5. The van der Waals surface area contributed by atoms with Gasteiger partial charge in [0.2, 0.25) is 5.91 Å². The van der Waals surface area contributed by atoms with Crippen LogP contribution in [0.3, 0.4) is 0 Å². The van der Waals surface area contributed by atoms with Crippen molar-refractivity contribution in [3.05, 3.63) is 0 Å². The maximum Gasteiger partial charge on any atom is 0.237 e. The minimum atomic E-state index is 0.0129. The SMILES string of the molecule is O=C(CCl)N1CC(CO)C2(CCCC2)C1. The topological polar surface area (TPSA) is 40.5 Å². The number of halogens is 1. The Kier molecular flexibility index (Phi) is 3.21. The molecule has 4 heteroatoms. The number of rotatable bonds is 2. The highest BCUT2D eigenvalue weighted by Crippen LogP contribution is 2.48. The molecule has 0 radical (unpaired) electrons. The molecule has 1 amide bonds. The van der Waals surface area contributed by atoms with Crippen molar-refractivity contribution in [3.8, 4) is 0 Å². The molecule has 1 aliphatic heterocycles. The molecular formula is C11H18ClNO2. The van der Waals surface area contributed by atoms with E-state index in [1.165, 1.54) is 12.8 Å². The smallest absolute Gasteiger partial charge is 0.237 e. The zero-order valence-electron chi connectivity index (χ0n) is 8.91. The highest BCUT2D eigenvalue weighted by Gasteiger charge is 2.48. The van der Waals surface area contributed by atoms with Gasteiger partial charge in [0.25, 0.3) is 0 Å². The molecule has 2 fully saturated rings. The van der Waals surface area contributed by atoms with E-state index in [0.29, 0.717) is 6.54 Å². The van der Waals surface area contributed by atoms with E-state index in [2.05, 4.69) is 0 Å². The van der Waals surface area contributed by atoms with E-state index in [0.717, 1.165) is 19.4 Å². The van der Waals surface area contributed by atoms with Gasteiger partial charge in [-0.15, -0.1) is 11.6 Å². The molecule has 0 aromatic heterocycles. The average molecular weight is 232 g/mol. The lowest BCUT2D eigenvalue weighted by atomic mass is 9.77. The molecule has 0 aromatic rings. The summed E-state index contributed by atoms with van der Waals surface area (Å²) in [6, 6.07) is 0. The van der Waals surface area contributed by atoms with Gasteiger partial charge in [-0.2, -0.15) is 0 Å². The van der Waals surface area contributed by atoms with Gasteiger partial charge in [-0.1, -0.05) is 12.8 Å². The minimum Gasteiger partial charge on any atom is -0.396 e. The summed E-state index contributed by atoms with van der Waals surface area (Å²) >= 11 is 5.56. The molecule has 1 atom stereocenters. The third-order valence-electron chi connectivity index (χ3n) is 4.10. The Morgan fingerprint density at radius 1 is 1.47 bits per heavy atom. The third kappa shape index (κ3) is 1.87. The zero-order valence-corrected chi connectivity index (χ0v) is 9.67. The number of nitrogens with zero attached hydrogens (tertiary/aromatic N) is 1. The second kappa shape index (κ2) is 4.30. The molecule has 0 bridgehead atoms. The van der Waals surface area contributed by atoms with E-state index in [9.17, 15) is 9.90 Å². The van der Waals surface area contributed by atoms with Gasteiger partial charge in [-0.05, 0) is 18.3 Å². The lowest BCUT2D eigenvalue weighted by Crippen LogP contribution is -2.32. The fourth-order valence-corrected chi connectivity index (χ4v) is 3.37. The molecule has 1 aliphatic carbocycles. The molecule has 3 nitrogen and oxygen atoms in total. The van der Waals surface area contributed by atoms with E-state index in [4.69, 9.17) is 11.6 Å². The molecule has 1 saturated carbocycles. The molecule has 86 valence electrons. The van der Waals surface area contributed by atoms with Crippen LogP contribution in [0, 0.1) is 11.3 Å². The van der Waals surface area contributed by atoms with Crippen molar-refractivity contribution in [2.75, 3.05) is 25.6 Å². The molecule has 0 aromatic carbocycles. The van der Waals surface area contributed by atoms with E-state index < -0.39 is 0 Å². The monoisotopic (exact) mass is 231 g/mol. The first-order valence-electron chi connectivity index (χ1n) is 5.66. The molecule has 1 unspecified atom stereocenters. The van der Waals surface area contributed by atoms with E-state index in [1.54, 1.807) is 0 Å². The Morgan fingerprint density at radius 3 is 2.67 bits per heavy atom. The van der Waals surface area contributed by atoms with E-state index in [-0.39, 0.29) is 29.7 Å². The third-order valence-corrected chi connectivity index (χ3v) is 4.33. The lowest BCUT2D eigenvalue weighted by Gasteiger charge is -2.28. The summed E-state index contributed by atoms with van der Waals surface area (Å²) < 4.78 is 0. The normalized spacial score (nSPS) is 28.9. The summed E-state index contributed by atoms with van der Waals surface area (Å²) in [5.74, 6) is 0.347. The van der Waals surface area contributed by atoms with Gasteiger partial charge >= 0.3 is 0 Å². The summed E-state index contributed by atoms with van der Waals surface area (Å²) in [6.45, 7) is 1.71. The maximum absolute atomic E-state index is 11.5. The standard InChI is InChI=1S/C11H18ClNO2/c12-5-10(15)13-6-9(7-14)11(8-13)3-1-2-4-11/h9,14H,1-8H2. The average Bonchev–Trinajstić information content (AvgIpc) is 2.86. The van der Waals surface area contributed by atoms with Crippen LogP contribution < -0.4 is 0 Å². The number of hydrogen-bond acceptors (Lipinski definition) is 2. The highest BCUT2D eigenvalue weighted by molar-refractivity contribution is 6.27.